The molecule has 0 saturated carbocycles. The van der Waals surface area contributed by atoms with E-state index >= 15 is 0 Å². The molecule has 7 heteroatoms. The molecule has 2 N–H and O–H groups in total. The zero-order valence-corrected chi connectivity index (χ0v) is 16.7. The number of amides is 1. The summed E-state index contributed by atoms with van der Waals surface area (Å²) in [5.74, 6) is -0.515. The maximum Gasteiger partial charge on any atom is 0.282 e. The van der Waals surface area contributed by atoms with E-state index in [2.05, 4.69) is 10.2 Å². The number of quaternary nitrogens is 1. The fraction of sp³-hybridized carbons (Fsp3) is 0.333. The normalized spacial score (nSPS) is 15.9. The van der Waals surface area contributed by atoms with Crippen molar-refractivity contribution in [3.05, 3.63) is 58.9 Å². The van der Waals surface area contributed by atoms with Crippen molar-refractivity contribution in [2.24, 2.45) is 0 Å². The van der Waals surface area contributed by atoms with Crippen LogP contribution in [0.4, 0.5) is 15.8 Å². The van der Waals surface area contributed by atoms with Gasteiger partial charge in [0.1, 0.15) is 5.82 Å². The number of carbonyl (C=O) groups is 2. The zero-order valence-electron chi connectivity index (χ0n) is 16.0. The molecule has 1 saturated heterocycles. The van der Waals surface area contributed by atoms with E-state index in [4.69, 9.17) is 11.6 Å². The van der Waals surface area contributed by atoms with Gasteiger partial charge in [0.15, 0.2) is 11.8 Å². The van der Waals surface area contributed by atoms with Gasteiger partial charge in [0.2, 0.25) is 0 Å². The lowest BCUT2D eigenvalue weighted by molar-refractivity contribution is -0.914. The Morgan fingerprint density at radius 3 is 2.36 bits per heavy atom. The highest BCUT2D eigenvalue weighted by molar-refractivity contribution is 6.33. The van der Waals surface area contributed by atoms with E-state index in [1.165, 1.54) is 23.1 Å². The van der Waals surface area contributed by atoms with Crippen LogP contribution in [0.2, 0.25) is 5.02 Å². The Kier molecular flexibility index (Phi) is 6.31. The minimum absolute atomic E-state index is 0.0573. The quantitative estimate of drug-likeness (QED) is 0.752. The smallest absolute Gasteiger partial charge is 0.282 e. The molecule has 0 bridgehead atoms. The van der Waals surface area contributed by atoms with Gasteiger partial charge in [-0.15, -0.1) is 0 Å². The molecule has 0 aliphatic carbocycles. The molecule has 2 aromatic carbocycles. The lowest BCUT2D eigenvalue weighted by atomic mass is 10.1. The molecule has 148 valence electrons. The predicted molar refractivity (Wildman–Crippen MR) is 109 cm³/mol. The van der Waals surface area contributed by atoms with Crippen LogP contribution in [0.15, 0.2) is 42.5 Å². The monoisotopic (exact) mass is 404 g/mol. The SMILES string of the molecule is CC(=O)c1ccc(N2CC[NH+]([C@H](C)C(=O)Nc3ccc(F)cc3Cl)CC2)cc1. The number of carbonyl (C=O) groups excluding carboxylic acids is 2. The summed E-state index contributed by atoms with van der Waals surface area (Å²) in [7, 11) is 0. The van der Waals surface area contributed by atoms with E-state index in [1.54, 1.807) is 6.92 Å². The molecule has 1 aliphatic heterocycles. The first kappa shape index (κ1) is 20.3. The van der Waals surface area contributed by atoms with Crippen LogP contribution in [0, 0.1) is 5.82 Å². The second-order valence-electron chi connectivity index (χ2n) is 7.08. The Labute approximate surface area is 169 Å². The fourth-order valence-electron chi connectivity index (χ4n) is 3.41. The van der Waals surface area contributed by atoms with Crippen LogP contribution in [0.25, 0.3) is 0 Å². The Bertz CT molecular complexity index is 864. The summed E-state index contributed by atoms with van der Waals surface area (Å²) in [6.07, 6.45) is 0. The number of rotatable bonds is 5. The molecule has 1 heterocycles. The molecule has 3 rings (SSSR count). The van der Waals surface area contributed by atoms with E-state index in [0.717, 1.165) is 31.9 Å². The van der Waals surface area contributed by atoms with Crippen molar-refractivity contribution in [2.75, 3.05) is 36.4 Å². The first-order valence-electron chi connectivity index (χ1n) is 9.31. The second kappa shape index (κ2) is 8.71. The van der Waals surface area contributed by atoms with Crippen molar-refractivity contribution in [1.82, 2.24) is 0 Å². The average Bonchev–Trinajstić information content (AvgIpc) is 2.69. The van der Waals surface area contributed by atoms with Crippen molar-refractivity contribution in [2.45, 2.75) is 19.9 Å². The zero-order chi connectivity index (χ0) is 20.3. The minimum Gasteiger partial charge on any atom is -0.360 e. The first-order valence-corrected chi connectivity index (χ1v) is 9.69. The van der Waals surface area contributed by atoms with Crippen molar-refractivity contribution < 1.29 is 18.9 Å². The predicted octanol–water partition coefficient (Wildman–Crippen LogP) is 2.41. The highest BCUT2D eigenvalue weighted by Gasteiger charge is 2.29. The molecule has 5 nitrogen and oxygen atoms in total. The van der Waals surface area contributed by atoms with Gasteiger partial charge in [-0.05, 0) is 56.3 Å². The van der Waals surface area contributed by atoms with Crippen molar-refractivity contribution in [3.63, 3.8) is 0 Å². The molecule has 0 unspecified atom stereocenters. The Hall–Kier alpha value is -2.44. The summed E-state index contributed by atoms with van der Waals surface area (Å²) < 4.78 is 13.1. The number of halogens is 2. The largest absolute Gasteiger partial charge is 0.360 e. The number of benzene rings is 2. The third-order valence-electron chi connectivity index (χ3n) is 5.24. The number of nitrogens with zero attached hydrogens (tertiary/aromatic N) is 1. The standard InChI is InChI=1S/C21H23ClFN3O2/c1-14(21(28)24-20-8-5-17(23)13-19(20)22)25-9-11-26(12-10-25)18-6-3-16(4-7-18)15(2)27/h3-8,13-14H,9-12H2,1-2H3,(H,24,28)/p+1/t14-/m1/s1. The van der Waals surface area contributed by atoms with Crippen LogP contribution >= 0.6 is 11.6 Å². The molecule has 1 fully saturated rings. The number of hydrogen-bond acceptors (Lipinski definition) is 3. The van der Waals surface area contributed by atoms with E-state index in [-0.39, 0.29) is 22.8 Å². The summed E-state index contributed by atoms with van der Waals surface area (Å²) in [6.45, 7) is 6.73. The highest BCUT2D eigenvalue weighted by atomic mass is 35.5. The molecule has 0 radical (unpaired) electrons. The van der Waals surface area contributed by atoms with Gasteiger partial charge in [0.05, 0.1) is 36.9 Å². The number of piperazine rings is 1. The summed E-state index contributed by atoms with van der Waals surface area (Å²) in [5, 5.41) is 2.98. The molecule has 0 spiro atoms. The van der Waals surface area contributed by atoms with Crippen LogP contribution in [-0.2, 0) is 4.79 Å². The Morgan fingerprint density at radius 1 is 1.14 bits per heavy atom. The molecular weight excluding hydrogens is 381 g/mol. The fourth-order valence-corrected chi connectivity index (χ4v) is 3.62. The number of nitrogens with one attached hydrogen (secondary N) is 2. The van der Waals surface area contributed by atoms with Gasteiger partial charge in [-0.25, -0.2) is 4.39 Å². The summed E-state index contributed by atoms with van der Waals surface area (Å²) in [5.41, 5.74) is 2.21. The van der Waals surface area contributed by atoms with Crippen LogP contribution in [0.3, 0.4) is 0 Å². The van der Waals surface area contributed by atoms with Crippen molar-refractivity contribution in [3.8, 4) is 0 Å². The minimum atomic E-state index is -0.436. The van der Waals surface area contributed by atoms with Crippen molar-refractivity contribution in [1.29, 1.82) is 0 Å². The third kappa shape index (κ3) is 4.69. The van der Waals surface area contributed by atoms with Gasteiger partial charge in [-0.2, -0.15) is 0 Å². The van der Waals surface area contributed by atoms with Gasteiger partial charge in [-0.1, -0.05) is 11.6 Å². The third-order valence-corrected chi connectivity index (χ3v) is 5.55. The molecule has 0 aromatic heterocycles. The molecule has 28 heavy (non-hydrogen) atoms. The van der Waals surface area contributed by atoms with Gasteiger partial charge in [0, 0.05) is 11.3 Å². The highest BCUT2D eigenvalue weighted by Crippen LogP contribution is 2.22. The van der Waals surface area contributed by atoms with Crippen LogP contribution in [0.1, 0.15) is 24.2 Å². The molecule has 2 aromatic rings. The lowest BCUT2D eigenvalue weighted by Crippen LogP contribution is -3.19. The van der Waals surface area contributed by atoms with E-state index in [0.29, 0.717) is 11.3 Å². The maximum absolute atomic E-state index is 13.1. The molecule has 1 atom stereocenters. The Morgan fingerprint density at radius 2 is 1.79 bits per heavy atom. The van der Waals surface area contributed by atoms with Gasteiger partial charge in [0.25, 0.3) is 5.91 Å². The average molecular weight is 405 g/mol. The number of Topliss-reactive ketones (excluding diaryl/α,β-unsaturated/α-hetero) is 1. The maximum atomic E-state index is 13.1. The number of hydrogen-bond donors (Lipinski definition) is 2. The molecule has 1 amide bonds. The summed E-state index contributed by atoms with van der Waals surface area (Å²) in [6, 6.07) is 11.3. The lowest BCUT2D eigenvalue weighted by Gasteiger charge is -2.36. The van der Waals surface area contributed by atoms with E-state index < -0.39 is 5.82 Å². The first-order chi connectivity index (χ1) is 13.3. The van der Waals surface area contributed by atoms with Crippen molar-refractivity contribution >= 4 is 34.7 Å². The molecular formula is C21H24ClFN3O2+. The number of anilines is 2. The summed E-state index contributed by atoms with van der Waals surface area (Å²) in [4.78, 5) is 27.4. The molecule has 1 aliphatic rings. The topological polar surface area (TPSA) is 53.9 Å². The van der Waals surface area contributed by atoms with E-state index in [1.807, 2.05) is 31.2 Å². The Balaban J connectivity index is 1.56. The summed E-state index contributed by atoms with van der Waals surface area (Å²) >= 11 is 5.99. The second-order valence-corrected chi connectivity index (χ2v) is 7.49. The van der Waals surface area contributed by atoms with Crippen LogP contribution in [-0.4, -0.2) is 43.9 Å². The van der Waals surface area contributed by atoms with Gasteiger partial charge >= 0.3 is 0 Å². The number of ketones is 1. The van der Waals surface area contributed by atoms with Crippen LogP contribution in [0.5, 0.6) is 0 Å². The van der Waals surface area contributed by atoms with Gasteiger partial charge < -0.3 is 15.1 Å². The van der Waals surface area contributed by atoms with Gasteiger partial charge in [-0.3, -0.25) is 9.59 Å². The van der Waals surface area contributed by atoms with E-state index in [9.17, 15) is 14.0 Å². The van der Waals surface area contributed by atoms with Crippen LogP contribution < -0.4 is 15.1 Å².